The highest BCUT2D eigenvalue weighted by Crippen LogP contribution is 2.45. The van der Waals surface area contributed by atoms with Crippen molar-refractivity contribution >= 4 is 29.4 Å². The van der Waals surface area contributed by atoms with Crippen LogP contribution in [0, 0.1) is 0 Å². The van der Waals surface area contributed by atoms with Crippen molar-refractivity contribution in [3.8, 4) is 0 Å². The van der Waals surface area contributed by atoms with Gasteiger partial charge in [-0.2, -0.15) is 0 Å². The minimum Gasteiger partial charge on any atom is -0.443 e. The van der Waals surface area contributed by atoms with Gasteiger partial charge in [0.15, 0.2) is 0 Å². The van der Waals surface area contributed by atoms with Crippen LogP contribution in [0.4, 0.5) is 26.8 Å². The minimum atomic E-state index is -0.725. The molecule has 3 unspecified atom stereocenters. The summed E-state index contributed by atoms with van der Waals surface area (Å²) in [5.41, 5.74) is 1.09. The Morgan fingerprint density at radius 3 is 2.39 bits per heavy atom. The Balaban J connectivity index is 1.63. The van der Waals surface area contributed by atoms with E-state index in [1.54, 1.807) is 23.2 Å². The van der Waals surface area contributed by atoms with Crippen molar-refractivity contribution in [3.63, 3.8) is 0 Å². The zero-order valence-electron chi connectivity index (χ0n) is 21.6. The van der Waals surface area contributed by atoms with E-state index in [0.717, 1.165) is 12.0 Å². The predicted molar refractivity (Wildman–Crippen MR) is 133 cm³/mol. The van der Waals surface area contributed by atoms with Gasteiger partial charge in [0.2, 0.25) is 0 Å². The fraction of sp³-hybridized carbons (Fsp3) is 0.519. The van der Waals surface area contributed by atoms with Gasteiger partial charge in [-0.3, -0.25) is 4.90 Å². The second kappa shape index (κ2) is 8.74. The average molecular weight is 496 g/mol. The SMILES string of the molecule is CC(C)(C)OC(=O)N1Cc2cccnc2N(C(=O)OC(C)(C)C)c2ccc(C3COC4CC4O3)cc21. The van der Waals surface area contributed by atoms with Gasteiger partial charge >= 0.3 is 12.2 Å². The third kappa shape index (κ3) is 5.03. The molecule has 0 bridgehead atoms. The summed E-state index contributed by atoms with van der Waals surface area (Å²) in [7, 11) is 0. The number of amides is 2. The number of benzene rings is 1. The number of fused-ring (bicyclic) bond motifs is 3. The monoisotopic (exact) mass is 495 g/mol. The van der Waals surface area contributed by atoms with Crippen molar-refractivity contribution in [3.05, 3.63) is 47.7 Å². The van der Waals surface area contributed by atoms with Crippen LogP contribution in [-0.2, 0) is 25.5 Å². The second-order valence-electron chi connectivity index (χ2n) is 11.4. The predicted octanol–water partition coefficient (Wildman–Crippen LogP) is 5.64. The summed E-state index contributed by atoms with van der Waals surface area (Å²) in [5, 5.41) is 0. The number of rotatable bonds is 1. The number of carbonyl (C=O) groups excluding carboxylic acids is 2. The fourth-order valence-corrected chi connectivity index (χ4v) is 4.35. The first kappa shape index (κ1) is 24.5. The van der Waals surface area contributed by atoms with Crippen molar-refractivity contribution in [1.29, 1.82) is 0 Å². The lowest BCUT2D eigenvalue weighted by Gasteiger charge is -2.30. The number of carbonyl (C=O) groups is 2. The van der Waals surface area contributed by atoms with Crippen LogP contribution in [0.5, 0.6) is 0 Å². The van der Waals surface area contributed by atoms with E-state index in [4.69, 9.17) is 18.9 Å². The van der Waals surface area contributed by atoms with Gasteiger partial charge in [0.05, 0.1) is 36.7 Å². The molecule has 3 aliphatic rings. The number of anilines is 3. The van der Waals surface area contributed by atoms with Gasteiger partial charge in [-0.15, -0.1) is 0 Å². The van der Waals surface area contributed by atoms with Crippen LogP contribution in [0.2, 0.25) is 0 Å². The first-order chi connectivity index (χ1) is 16.9. The topological polar surface area (TPSA) is 90.4 Å². The highest BCUT2D eigenvalue weighted by molar-refractivity contribution is 6.04. The summed E-state index contributed by atoms with van der Waals surface area (Å²) in [6.45, 7) is 11.5. The van der Waals surface area contributed by atoms with E-state index in [1.165, 1.54) is 4.90 Å². The summed E-state index contributed by atoms with van der Waals surface area (Å²) in [5.74, 6) is 0.407. The molecule has 5 rings (SSSR count). The molecule has 3 atom stereocenters. The van der Waals surface area contributed by atoms with E-state index < -0.39 is 23.4 Å². The van der Waals surface area contributed by atoms with E-state index in [0.29, 0.717) is 29.4 Å². The van der Waals surface area contributed by atoms with Crippen molar-refractivity contribution in [1.82, 2.24) is 4.98 Å². The van der Waals surface area contributed by atoms with Gasteiger partial charge in [0, 0.05) is 18.2 Å². The van der Waals surface area contributed by atoms with Crippen LogP contribution in [0.1, 0.15) is 65.2 Å². The van der Waals surface area contributed by atoms with Gasteiger partial charge in [-0.1, -0.05) is 12.1 Å². The second-order valence-corrected chi connectivity index (χ2v) is 11.4. The molecule has 192 valence electrons. The first-order valence-electron chi connectivity index (χ1n) is 12.3. The smallest absolute Gasteiger partial charge is 0.420 e. The molecule has 36 heavy (non-hydrogen) atoms. The third-order valence-corrected chi connectivity index (χ3v) is 5.98. The van der Waals surface area contributed by atoms with Crippen LogP contribution >= 0.6 is 0 Å². The maximum atomic E-state index is 13.5. The minimum absolute atomic E-state index is 0.108. The van der Waals surface area contributed by atoms with Gasteiger partial charge in [-0.05, 0) is 65.3 Å². The number of hydrogen-bond acceptors (Lipinski definition) is 7. The molecule has 0 N–H and O–H groups in total. The Hall–Kier alpha value is -3.17. The Morgan fingerprint density at radius 1 is 0.972 bits per heavy atom. The summed E-state index contributed by atoms with van der Waals surface area (Å²) in [6, 6.07) is 9.20. The van der Waals surface area contributed by atoms with Gasteiger partial charge in [0.25, 0.3) is 0 Å². The van der Waals surface area contributed by atoms with Crippen LogP contribution in [0.15, 0.2) is 36.5 Å². The molecule has 1 aromatic carbocycles. The van der Waals surface area contributed by atoms with Gasteiger partial charge in [0.1, 0.15) is 23.1 Å². The van der Waals surface area contributed by atoms with Crippen molar-refractivity contribution in [2.75, 3.05) is 16.4 Å². The zero-order chi connectivity index (χ0) is 25.8. The molecule has 1 saturated heterocycles. The summed E-state index contributed by atoms with van der Waals surface area (Å²) < 4.78 is 23.6. The lowest BCUT2D eigenvalue weighted by atomic mass is 10.1. The molecule has 1 saturated carbocycles. The third-order valence-electron chi connectivity index (χ3n) is 5.98. The maximum Gasteiger partial charge on any atom is 0.420 e. The molecule has 0 spiro atoms. The molecule has 2 amide bonds. The Kier molecular flexibility index (Phi) is 5.95. The van der Waals surface area contributed by atoms with Crippen LogP contribution in [0.25, 0.3) is 0 Å². The van der Waals surface area contributed by atoms with Gasteiger partial charge in [-0.25, -0.2) is 19.5 Å². The molecular weight excluding hydrogens is 462 g/mol. The molecule has 2 fully saturated rings. The highest BCUT2D eigenvalue weighted by atomic mass is 16.6. The van der Waals surface area contributed by atoms with Crippen LogP contribution in [0.3, 0.4) is 0 Å². The van der Waals surface area contributed by atoms with Crippen LogP contribution in [-0.4, -0.2) is 47.2 Å². The zero-order valence-corrected chi connectivity index (χ0v) is 21.6. The van der Waals surface area contributed by atoms with Crippen LogP contribution < -0.4 is 9.80 Å². The van der Waals surface area contributed by atoms with E-state index >= 15 is 0 Å². The Labute approximate surface area is 211 Å². The average Bonchev–Trinajstić information content (AvgIpc) is 3.56. The molecule has 0 radical (unpaired) electrons. The summed E-state index contributed by atoms with van der Waals surface area (Å²) >= 11 is 0. The van der Waals surface area contributed by atoms with E-state index in [9.17, 15) is 9.59 Å². The summed E-state index contributed by atoms with van der Waals surface area (Å²) in [6.07, 6.45) is 1.44. The number of pyridine rings is 1. The van der Waals surface area contributed by atoms with Crippen molar-refractivity contribution < 1.29 is 28.5 Å². The molecule has 9 nitrogen and oxygen atoms in total. The van der Waals surface area contributed by atoms with Crippen molar-refractivity contribution in [2.24, 2.45) is 0 Å². The number of ether oxygens (including phenoxy) is 4. The standard InChI is InChI=1S/C27H33N3O6/c1-26(2,3)35-24(31)29-14-17-8-7-11-28-23(17)30(25(32)36-27(4,5)6)18-10-9-16(12-19(18)29)22-15-33-20-13-21(20)34-22/h7-12,20-22H,13-15H2,1-6H3. The molecule has 3 heterocycles. The molecule has 2 aromatic rings. The highest BCUT2D eigenvalue weighted by Gasteiger charge is 2.46. The first-order valence-corrected chi connectivity index (χ1v) is 12.3. The quantitative estimate of drug-likeness (QED) is 0.506. The largest absolute Gasteiger partial charge is 0.443 e. The molecule has 2 aliphatic heterocycles. The molecular formula is C27H33N3O6. The van der Waals surface area contributed by atoms with Crippen molar-refractivity contribution in [2.45, 2.75) is 84.0 Å². The van der Waals surface area contributed by atoms with E-state index in [1.807, 2.05) is 59.7 Å². The molecule has 9 heteroatoms. The Bertz CT molecular complexity index is 1180. The van der Waals surface area contributed by atoms with Gasteiger partial charge < -0.3 is 18.9 Å². The normalized spacial score (nSPS) is 23.1. The lowest BCUT2D eigenvalue weighted by Crippen LogP contribution is -2.37. The van der Waals surface area contributed by atoms with E-state index in [2.05, 4.69) is 4.98 Å². The fourth-order valence-electron chi connectivity index (χ4n) is 4.35. The number of hydrogen-bond donors (Lipinski definition) is 0. The maximum absolute atomic E-state index is 13.5. The number of nitrogens with zero attached hydrogens (tertiary/aromatic N) is 3. The lowest BCUT2D eigenvalue weighted by molar-refractivity contribution is -0.0940. The summed E-state index contributed by atoms with van der Waals surface area (Å²) in [4.78, 5) is 34.5. The van der Waals surface area contributed by atoms with E-state index in [-0.39, 0.29) is 24.9 Å². The molecule has 1 aliphatic carbocycles. The number of aromatic nitrogens is 1. The Morgan fingerprint density at radius 2 is 1.69 bits per heavy atom. The molecule has 1 aromatic heterocycles.